The molecule has 0 spiro atoms. The van der Waals surface area contributed by atoms with E-state index in [1.807, 2.05) is 17.3 Å². The molecule has 0 radical (unpaired) electrons. The first kappa shape index (κ1) is 23.5. The van der Waals surface area contributed by atoms with Crippen LogP contribution >= 0.6 is 12.2 Å². The standard InChI is InChI=1S/C28H25F2NS/c1-3-5-6-7-21-11-15-23(22(4-2)16-21)12-8-20-9-13-24(14-10-20)25-17-26(29)28(31-19-32)27(30)18-25/h9-11,13-18H,3-7H2,1-2H3. The third-order valence-electron chi connectivity index (χ3n) is 5.35. The number of aryl methyl sites for hydroxylation is 2. The van der Waals surface area contributed by atoms with Crippen molar-refractivity contribution < 1.29 is 8.78 Å². The molecule has 162 valence electrons. The minimum absolute atomic E-state index is 0.422. The lowest BCUT2D eigenvalue weighted by Gasteiger charge is -2.06. The summed E-state index contributed by atoms with van der Waals surface area (Å²) in [5.74, 6) is 4.93. The number of hydrogen-bond acceptors (Lipinski definition) is 2. The molecule has 0 aliphatic heterocycles. The summed E-state index contributed by atoms with van der Waals surface area (Å²) in [6.07, 6.45) is 5.73. The van der Waals surface area contributed by atoms with Crippen LogP contribution in [-0.2, 0) is 12.8 Å². The van der Waals surface area contributed by atoms with Crippen molar-refractivity contribution in [3.8, 4) is 23.0 Å². The van der Waals surface area contributed by atoms with Gasteiger partial charge in [0.1, 0.15) is 5.69 Å². The Bertz CT molecular complexity index is 1170. The maximum absolute atomic E-state index is 14.1. The fourth-order valence-corrected chi connectivity index (χ4v) is 3.66. The number of isothiocyanates is 1. The second-order valence-electron chi connectivity index (χ2n) is 7.62. The largest absolute Gasteiger partial charge is 0.204 e. The van der Waals surface area contributed by atoms with Crippen molar-refractivity contribution in [2.45, 2.75) is 46.0 Å². The molecule has 32 heavy (non-hydrogen) atoms. The van der Waals surface area contributed by atoms with Crippen LogP contribution in [0.3, 0.4) is 0 Å². The summed E-state index contributed by atoms with van der Waals surface area (Å²) in [6.45, 7) is 4.36. The Hall–Kier alpha value is -3.12. The van der Waals surface area contributed by atoms with E-state index in [0.29, 0.717) is 11.1 Å². The first-order chi connectivity index (χ1) is 15.5. The average molecular weight is 446 g/mol. The van der Waals surface area contributed by atoms with Crippen LogP contribution in [0.5, 0.6) is 0 Å². The fraction of sp³-hybridized carbons (Fsp3) is 0.250. The van der Waals surface area contributed by atoms with Crippen LogP contribution in [0.15, 0.2) is 59.6 Å². The number of thiocarbonyl (C=S) groups is 1. The zero-order valence-electron chi connectivity index (χ0n) is 18.3. The second kappa shape index (κ2) is 11.5. The van der Waals surface area contributed by atoms with Gasteiger partial charge in [0, 0.05) is 11.1 Å². The van der Waals surface area contributed by atoms with Gasteiger partial charge in [0.15, 0.2) is 11.6 Å². The highest BCUT2D eigenvalue weighted by molar-refractivity contribution is 7.78. The van der Waals surface area contributed by atoms with Crippen molar-refractivity contribution in [3.63, 3.8) is 0 Å². The molecule has 0 bridgehead atoms. The quantitative estimate of drug-likeness (QED) is 0.155. The van der Waals surface area contributed by atoms with E-state index in [9.17, 15) is 8.78 Å². The van der Waals surface area contributed by atoms with E-state index in [2.05, 4.69) is 61.1 Å². The number of aliphatic imine (C=N–C) groups is 1. The molecule has 0 unspecified atom stereocenters. The van der Waals surface area contributed by atoms with Crippen LogP contribution in [0.1, 0.15) is 55.4 Å². The first-order valence-corrected chi connectivity index (χ1v) is 11.3. The van der Waals surface area contributed by atoms with Gasteiger partial charge in [-0.25, -0.2) is 8.78 Å². The Morgan fingerprint density at radius 3 is 2.19 bits per heavy atom. The van der Waals surface area contributed by atoms with Gasteiger partial charge in [-0.2, -0.15) is 4.99 Å². The molecule has 0 heterocycles. The molecule has 1 nitrogen and oxygen atoms in total. The van der Waals surface area contributed by atoms with Crippen molar-refractivity contribution in [1.29, 1.82) is 0 Å². The molecule has 0 aliphatic rings. The van der Waals surface area contributed by atoms with Gasteiger partial charge in [-0.1, -0.05) is 62.8 Å². The maximum atomic E-state index is 14.1. The van der Waals surface area contributed by atoms with Crippen LogP contribution in [0, 0.1) is 23.5 Å². The molecule has 3 rings (SSSR count). The molecule has 4 heteroatoms. The average Bonchev–Trinajstić information content (AvgIpc) is 2.80. The van der Waals surface area contributed by atoms with Crippen molar-refractivity contribution in [1.82, 2.24) is 0 Å². The number of nitrogens with zero attached hydrogens (tertiary/aromatic N) is 1. The Morgan fingerprint density at radius 2 is 1.56 bits per heavy atom. The predicted octanol–water partition coefficient (Wildman–Crippen LogP) is 8.06. The molecular weight excluding hydrogens is 420 g/mol. The van der Waals surface area contributed by atoms with Gasteiger partial charge in [0.2, 0.25) is 0 Å². The van der Waals surface area contributed by atoms with Crippen LogP contribution in [-0.4, -0.2) is 5.16 Å². The second-order valence-corrected chi connectivity index (χ2v) is 7.80. The van der Waals surface area contributed by atoms with E-state index in [0.717, 1.165) is 24.0 Å². The summed E-state index contributed by atoms with van der Waals surface area (Å²) in [7, 11) is 0. The molecule has 0 N–H and O–H groups in total. The zero-order valence-corrected chi connectivity index (χ0v) is 19.2. The number of unbranched alkanes of at least 4 members (excludes halogenated alkanes) is 2. The monoisotopic (exact) mass is 445 g/mol. The third kappa shape index (κ3) is 5.98. The number of halogens is 2. The summed E-state index contributed by atoms with van der Waals surface area (Å²) >= 11 is 4.43. The lowest BCUT2D eigenvalue weighted by atomic mass is 9.98. The molecule has 0 amide bonds. The van der Waals surface area contributed by atoms with Gasteiger partial charge in [-0.3, -0.25) is 0 Å². The van der Waals surface area contributed by atoms with Gasteiger partial charge >= 0.3 is 0 Å². The molecule has 3 aromatic rings. The molecule has 3 aromatic carbocycles. The Kier molecular flexibility index (Phi) is 8.45. The summed E-state index contributed by atoms with van der Waals surface area (Å²) in [6, 6.07) is 16.3. The van der Waals surface area contributed by atoms with E-state index in [1.165, 1.54) is 42.5 Å². The molecule has 0 fully saturated rings. The summed E-state index contributed by atoms with van der Waals surface area (Å²) in [5, 5.41) is 2.00. The molecule has 0 aromatic heterocycles. The molecule has 0 saturated carbocycles. The number of hydrogen-bond donors (Lipinski definition) is 0. The third-order valence-corrected chi connectivity index (χ3v) is 5.44. The van der Waals surface area contributed by atoms with Crippen LogP contribution in [0.2, 0.25) is 0 Å². The fourth-order valence-electron chi connectivity index (χ4n) is 3.57. The SMILES string of the molecule is CCCCCc1ccc(C#Cc2ccc(-c3cc(F)c(N=C=S)c(F)c3)cc2)c(CC)c1. The number of rotatable bonds is 7. The summed E-state index contributed by atoms with van der Waals surface area (Å²) in [4.78, 5) is 3.44. The highest BCUT2D eigenvalue weighted by Crippen LogP contribution is 2.29. The first-order valence-electron chi connectivity index (χ1n) is 10.9. The zero-order chi connectivity index (χ0) is 22.9. The highest BCUT2D eigenvalue weighted by atomic mass is 32.1. The van der Waals surface area contributed by atoms with Gasteiger partial charge in [0.25, 0.3) is 0 Å². The van der Waals surface area contributed by atoms with E-state index in [4.69, 9.17) is 0 Å². The van der Waals surface area contributed by atoms with Gasteiger partial charge in [-0.15, -0.1) is 0 Å². The molecule has 0 atom stereocenters. The molecule has 0 aliphatic carbocycles. The van der Waals surface area contributed by atoms with Gasteiger partial charge in [-0.05, 0) is 84.1 Å². The van der Waals surface area contributed by atoms with Crippen molar-refractivity contribution in [3.05, 3.63) is 88.5 Å². The minimum atomic E-state index is -0.772. The summed E-state index contributed by atoms with van der Waals surface area (Å²) < 4.78 is 28.2. The van der Waals surface area contributed by atoms with E-state index < -0.39 is 17.3 Å². The Balaban J connectivity index is 1.79. The predicted molar refractivity (Wildman–Crippen MR) is 132 cm³/mol. The van der Waals surface area contributed by atoms with Gasteiger partial charge < -0.3 is 0 Å². The van der Waals surface area contributed by atoms with Gasteiger partial charge in [0.05, 0.1) is 5.16 Å². The Labute approximate surface area is 194 Å². The van der Waals surface area contributed by atoms with Crippen molar-refractivity contribution in [2.75, 3.05) is 0 Å². The van der Waals surface area contributed by atoms with E-state index in [1.54, 1.807) is 12.1 Å². The van der Waals surface area contributed by atoms with E-state index >= 15 is 0 Å². The van der Waals surface area contributed by atoms with Crippen molar-refractivity contribution >= 4 is 23.1 Å². The summed E-state index contributed by atoms with van der Waals surface area (Å²) in [5.41, 5.74) is 5.20. The lowest BCUT2D eigenvalue weighted by Crippen LogP contribution is -1.92. The van der Waals surface area contributed by atoms with Crippen LogP contribution in [0.4, 0.5) is 14.5 Å². The highest BCUT2D eigenvalue weighted by Gasteiger charge is 2.11. The Morgan fingerprint density at radius 1 is 0.844 bits per heavy atom. The molecule has 0 saturated heterocycles. The minimum Gasteiger partial charge on any atom is -0.204 e. The normalized spacial score (nSPS) is 10.2. The molecular formula is C28H25F2NS. The van der Waals surface area contributed by atoms with Crippen LogP contribution in [0.25, 0.3) is 11.1 Å². The van der Waals surface area contributed by atoms with Crippen LogP contribution < -0.4 is 0 Å². The van der Waals surface area contributed by atoms with E-state index in [-0.39, 0.29) is 0 Å². The smallest absolute Gasteiger partial charge is 0.153 e. The topological polar surface area (TPSA) is 12.4 Å². The number of benzene rings is 3. The maximum Gasteiger partial charge on any atom is 0.153 e. The van der Waals surface area contributed by atoms with Crippen molar-refractivity contribution in [2.24, 2.45) is 4.99 Å². The lowest BCUT2D eigenvalue weighted by molar-refractivity contribution is 0.588.